The number of rotatable bonds is 7. The van der Waals surface area contributed by atoms with Crippen molar-refractivity contribution in [3.05, 3.63) is 57.9 Å². The summed E-state index contributed by atoms with van der Waals surface area (Å²) < 4.78 is 3.43. The van der Waals surface area contributed by atoms with E-state index in [1.165, 1.54) is 23.8 Å². The van der Waals surface area contributed by atoms with Gasteiger partial charge in [0.25, 0.3) is 5.56 Å². The van der Waals surface area contributed by atoms with Crippen molar-refractivity contribution in [2.45, 2.75) is 51.1 Å². The number of thioether (sulfide) groups is 1. The molecule has 1 aliphatic rings. The van der Waals surface area contributed by atoms with Crippen LogP contribution in [-0.2, 0) is 17.9 Å². The molecule has 3 aromatic heterocycles. The number of imidazole rings is 1. The first-order chi connectivity index (χ1) is 14.4. The summed E-state index contributed by atoms with van der Waals surface area (Å²) in [5, 5.41) is 2.91. The van der Waals surface area contributed by atoms with Crippen LogP contribution in [0.15, 0.2) is 40.3 Å². The minimum atomic E-state index is -0.294. The van der Waals surface area contributed by atoms with Crippen LogP contribution in [0.2, 0.25) is 0 Å². The molecule has 0 atom stereocenters. The fraction of sp³-hybridized carbons (Fsp3) is 0.409. The molecular weight excluding hydrogens is 398 g/mol. The number of nitrogens with zero attached hydrogens (tertiary/aromatic N) is 3. The van der Waals surface area contributed by atoms with Crippen molar-refractivity contribution >= 4 is 29.0 Å². The summed E-state index contributed by atoms with van der Waals surface area (Å²) in [6, 6.07) is 5.80. The highest BCUT2D eigenvalue weighted by atomic mass is 32.2. The van der Waals surface area contributed by atoms with Gasteiger partial charge < -0.3 is 20.0 Å². The second kappa shape index (κ2) is 8.55. The fourth-order valence-electron chi connectivity index (χ4n) is 3.69. The van der Waals surface area contributed by atoms with Crippen molar-refractivity contribution in [3.8, 4) is 0 Å². The van der Waals surface area contributed by atoms with E-state index in [1.54, 1.807) is 18.0 Å². The Labute approximate surface area is 179 Å². The summed E-state index contributed by atoms with van der Waals surface area (Å²) in [5.74, 6) is 1.50. The Morgan fingerprint density at radius 2 is 2.13 bits per heavy atom. The molecule has 1 saturated carbocycles. The van der Waals surface area contributed by atoms with Crippen LogP contribution >= 0.6 is 11.8 Å². The van der Waals surface area contributed by atoms with Crippen LogP contribution in [0.25, 0.3) is 5.65 Å². The van der Waals surface area contributed by atoms with Crippen LogP contribution in [0, 0.1) is 19.8 Å². The van der Waals surface area contributed by atoms with E-state index < -0.39 is 0 Å². The Kier molecular flexibility index (Phi) is 5.85. The predicted octanol–water partition coefficient (Wildman–Crippen LogP) is 2.90. The second-order valence-corrected chi connectivity index (χ2v) is 9.00. The zero-order valence-electron chi connectivity index (χ0n) is 17.4. The van der Waals surface area contributed by atoms with Crippen molar-refractivity contribution in [1.82, 2.24) is 19.3 Å². The molecule has 0 spiro atoms. The lowest BCUT2D eigenvalue weighted by Gasteiger charge is -2.25. The lowest BCUT2D eigenvalue weighted by atomic mass is 9.87. The molecule has 1 fully saturated rings. The molecule has 1 aliphatic carbocycles. The van der Waals surface area contributed by atoms with Crippen LogP contribution in [0.5, 0.6) is 0 Å². The van der Waals surface area contributed by atoms with Crippen LogP contribution in [-0.4, -0.2) is 25.6 Å². The van der Waals surface area contributed by atoms with E-state index in [2.05, 4.69) is 10.3 Å². The third-order valence-corrected chi connectivity index (χ3v) is 7.20. The number of aromatic nitrogens is 3. The largest absolute Gasteiger partial charge is 0.393 e. The maximum atomic E-state index is 12.8. The van der Waals surface area contributed by atoms with E-state index in [-0.39, 0.29) is 23.7 Å². The number of aryl methyl sites for hydroxylation is 2. The monoisotopic (exact) mass is 425 g/mol. The quantitative estimate of drug-likeness (QED) is 0.568. The van der Waals surface area contributed by atoms with Gasteiger partial charge in [0, 0.05) is 41.0 Å². The van der Waals surface area contributed by atoms with E-state index in [1.807, 2.05) is 42.6 Å². The average molecular weight is 426 g/mol. The number of anilines is 1. The number of hydrogen-bond acceptors (Lipinski definition) is 5. The third kappa shape index (κ3) is 4.09. The second-order valence-electron chi connectivity index (χ2n) is 7.94. The standard InChI is InChI=1S/C22H27N5O2S/c1-14-10-18(30-13-16-4-3-5-16)21(23)22(29)27(14)12-20(28)25-11-17-6-7-19-24-8-9-26(19)15(17)2/h6-10,16H,3-5,11-13,23H2,1-2H3,(H,25,28). The number of fused-ring (bicyclic) bond motifs is 1. The van der Waals surface area contributed by atoms with Gasteiger partial charge in [-0.1, -0.05) is 12.5 Å². The highest BCUT2D eigenvalue weighted by Gasteiger charge is 2.19. The van der Waals surface area contributed by atoms with Crippen molar-refractivity contribution in [3.63, 3.8) is 0 Å². The van der Waals surface area contributed by atoms with Crippen molar-refractivity contribution in [2.24, 2.45) is 5.92 Å². The van der Waals surface area contributed by atoms with Crippen molar-refractivity contribution in [2.75, 3.05) is 11.5 Å². The molecule has 3 N–H and O–H groups in total. The fourth-order valence-corrected chi connectivity index (χ4v) is 4.94. The number of amides is 1. The number of hydrogen-bond donors (Lipinski definition) is 2. The number of carbonyl (C=O) groups is 1. The van der Waals surface area contributed by atoms with Gasteiger partial charge in [0.05, 0.1) is 0 Å². The first-order valence-corrected chi connectivity index (χ1v) is 11.2. The first kappa shape index (κ1) is 20.5. The Morgan fingerprint density at radius 1 is 1.33 bits per heavy atom. The molecule has 1 amide bonds. The summed E-state index contributed by atoms with van der Waals surface area (Å²) in [6.07, 6.45) is 7.46. The Morgan fingerprint density at radius 3 is 2.87 bits per heavy atom. The maximum absolute atomic E-state index is 12.8. The van der Waals surface area contributed by atoms with Crippen LogP contribution < -0.4 is 16.6 Å². The van der Waals surface area contributed by atoms with Gasteiger partial charge in [0.1, 0.15) is 17.9 Å². The van der Waals surface area contributed by atoms with Gasteiger partial charge in [-0.25, -0.2) is 4.98 Å². The molecule has 0 aliphatic heterocycles. The van der Waals surface area contributed by atoms with E-state index in [9.17, 15) is 9.59 Å². The van der Waals surface area contributed by atoms with Crippen LogP contribution in [0.3, 0.4) is 0 Å². The molecule has 8 heteroatoms. The van der Waals surface area contributed by atoms with Gasteiger partial charge in [0.2, 0.25) is 5.91 Å². The van der Waals surface area contributed by atoms with Crippen molar-refractivity contribution in [1.29, 1.82) is 0 Å². The number of nitrogens with one attached hydrogen (secondary N) is 1. The summed E-state index contributed by atoms with van der Waals surface area (Å²) in [4.78, 5) is 30.4. The summed E-state index contributed by atoms with van der Waals surface area (Å²) in [7, 11) is 0. The zero-order valence-corrected chi connectivity index (χ0v) is 18.2. The van der Waals surface area contributed by atoms with Gasteiger partial charge in [-0.2, -0.15) is 0 Å². The molecule has 30 heavy (non-hydrogen) atoms. The Hall–Kier alpha value is -2.74. The molecule has 158 valence electrons. The Bertz CT molecular complexity index is 1150. The summed E-state index contributed by atoms with van der Waals surface area (Å²) >= 11 is 1.65. The molecule has 3 aromatic rings. The normalized spacial score (nSPS) is 14.1. The van der Waals surface area contributed by atoms with Gasteiger partial charge in [0.15, 0.2) is 0 Å². The highest BCUT2D eigenvalue weighted by molar-refractivity contribution is 7.99. The minimum Gasteiger partial charge on any atom is -0.393 e. The van der Waals surface area contributed by atoms with Crippen molar-refractivity contribution < 1.29 is 4.79 Å². The highest BCUT2D eigenvalue weighted by Crippen LogP contribution is 2.34. The average Bonchev–Trinajstić information content (AvgIpc) is 3.17. The number of nitrogen functional groups attached to an aromatic ring is 1. The van der Waals surface area contributed by atoms with Gasteiger partial charge in [-0.15, -0.1) is 11.8 Å². The lowest BCUT2D eigenvalue weighted by Crippen LogP contribution is -2.34. The Balaban J connectivity index is 1.42. The minimum absolute atomic E-state index is 0.0468. The van der Waals surface area contributed by atoms with Gasteiger partial charge in [-0.05, 0) is 50.3 Å². The molecule has 3 heterocycles. The molecule has 7 nitrogen and oxygen atoms in total. The topological polar surface area (TPSA) is 94.4 Å². The number of carbonyl (C=O) groups excluding carboxylic acids is 1. The lowest BCUT2D eigenvalue weighted by molar-refractivity contribution is -0.121. The number of nitrogens with two attached hydrogens (primary N) is 1. The van der Waals surface area contributed by atoms with E-state index >= 15 is 0 Å². The summed E-state index contributed by atoms with van der Waals surface area (Å²) in [5.41, 5.74) is 9.69. The van der Waals surface area contributed by atoms with E-state index in [0.717, 1.165) is 39.2 Å². The molecule has 0 unspecified atom stereocenters. The molecule has 0 saturated heterocycles. The maximum Gasteiger partial charge on any atom is 0.275 e. The molecule has 0 bridgehead atoms. The van der Waals surface area contributed by atoms with Crippen LogP contribution in [0.1, 0.15) is 36.2 Å². The number of pyridine rings is 2. The predicted molar refractivity (Wildman–Crippen MR) is 120 cm³/mol. The first-order valence-electron chi connectivity index (χ1n) is 10.2. The SMILES string of the molecule is Cc1cc(SCC2CCC2)c(N)c(=O)n1CC(=O)NCc1ccc2nccn2c1C. The molecule has 0 aromatic carbocycles. The summed E-state index contributed by atoms with van der Waals surface area (Å²) in [6.45, 7) is 4.18. The van der Waals surface area contributed by atoms with Gasteiger partial charge in [-0.3, -0.25) is 9.59 Å². The molecular formula is C22H27N5O2S. The van der Waals surface area contributed by atoms with E-state index in [0.29, 0.717) is 6.54 Å². The molecule has 0 radical (unpaired) electrons. The van der Waals surface area contributed by atoms with Crippen LogP contribution in [0.4, 0.5) is 5.69 Å². The molecule has 4 rings (SSSR count). The third-order valence-electron chi connectivity index (χ3n) is 5.91. The smallest absolute Gasteiger partial charge is 0.275 e. The van der Waals surface area contributed by atoms with Gasteiger partial charge >= 0.3 is 0 Å². The van der Waals surface area contributed by atoms with E-state index in [4.69, 9.17) is 5.73 Å². The zero-order chi connectivity index (χ0) is 21.3.